The van der Waals surface area contributed by atoms with Crippen molar-refractivity contribution in [2.45, 2.75) is 57.8 Å². The molecule has 4 rings (SSSR count). The summed E-state index contributed by atoms with van der Waals surface area (Å²) in [6.45, 7) is 5.49. The maximum Gasteiger partial charge on any atom is 0.416 e. The Bertz CT molecular complexity index is 894. The average molecular weight is 407 g/mol. The molecule has 0 bridgehead atoms. The van der Waals surface area contributed by atoms with Crippen LogP contribution in [0.4, 0.5) is 19.1 Å². The van der Waals surface area contributed by atoms with Crippen LogP contribution in [0.2, 0.25) is 0 Å². The molecule has 0 spiro atoms. The molecule has 2 aliphatic heterocycles. The molecule has 0 radical (unpaired) electrons. The Kier molecular flexibility index (Phi) is 5.10. The molecule has 2 N–H and O–H groups in total. The second-order valence-corrected chi connectivity index (χ2v) is 7.89. The Morgan fingerprint density at radius 1 is 1.10 bits per heavy atom. The van der Waals surface area contributed by atoms with E-state index >= 15 is 0 Å². The normalized spacial score (nSPS) is 22.5. The van der Waals surface area contributed by atoms with E-state index in [0.29, 0.717) is 23.8 Å². The lowest BCUT2D eigenvalue weighted by atomic mass is 9.96. The first-order chi connectivity index (χ1) is 13.7. The Balaban J connectivity index is 1.59. The maximum atomic E-state index is 13.0. The predicted octanol–water partition coefficient (Wildman–Crippen LogP) is 3.92. The Labute approximate surface area is 167 Å². The van der Waals surface area contributed by atoms with Gasteiger partial charge in [-0.1, -0.05) is 0 Å². The fourth-order valence-electron chi connectivity index (χ4n) is 4.56. The highest BCUT2D eigenvalue weighted by Crippen LogP contribution is 2.39. The van der Waals surface area contributed by atoms with Crippen LogP contribution in [0.5, 0.6) is 5.75 Å². The number of rotatable bonds is 3. The summed E-state index contributed by atoms with van der Waals surface area (Å²) in [6, 6.07) is 2.46. The Hall–Kier alpha value is -2.42. The van der Waals surface area contributed by atoms with Gasteiger partial charge in [0, 0.05) is 17.6 Å². The number of alkyl halides is 3. The van der Waals surface area contributed by atoms with Crippen molar-refractivity contribution in [1.29, 1.82) is 0 Å². The molecular weight excluding hydrogens is 383 g/mol. The first-order valence-electron chi connectivity index (χ1n) is 9.87. The SMILES string of the molecule is Cc1cc(C(F)(F)F)cc(O)c1-c1nnc(N[C@@H]2CCCN3CCC[C@@H]23)nc1C. The van der Waals surface area contributed by atoms with Crippen LogP contribution in [-0.2, 0) is 6.18 Å². The van der Waals surface area contributed by atoms with E-state index in [-0.39, 0.29) is 22.9 Å². The number of aromatic hydroxyl groups is 1. The lowest BCUT2D eigenvalue weighted by molar-refractivity contribution is -0.137. The van der Waals surface area contributed by atoms with Gasteiger partial charge in [-0.15, -0.1) is 10.2 Å². The molecule has 3 heterocycles. The molecule has 2 aliphatic rings. The van der Waals surface area contributed by atoms with Crippen LogP contribution in [0.25, 0.3) is 11.3 Å². The standard InChI is InChI=1S/C20H24F3N5O/c1-11-9-13(20(21,22)23)10-16(29)17(11)18-12(2)24-19(27-26-18)25-14-5-3-7-28-8-4-6-15(14)28/h9-10,14-15,29H,3-8H2,1-2H3,(H,24,25,27)/t14-,15+/m1/s1. The highest BCUT2D eigenvalue weighted by atomic mass is 19.4. The van der Waals surface area contributed by atoms with Gasteiger partial charge in [0.1, 0.15) is 11.4 Å². The summed E-state index contributed by atoms with van der Waals surface area (Å²) in [5, 5.41) is 22.0. The number of halogens is 3. The maximum absolute atomic E-state index is 13.0. The Morgan fingerprint density at radius 2 is 1.83 bits per heavy atom. The predicted molar refractivity (Wildman–Crippen MR) is 103 cm³/mol. The molecule has 1 aromatic heterocycles. The largest absolute Gasteiger partial charge is 0.507 e. The summed E-state index contributed by atoms with van der Waals surface area (Å²) in [5.41, 5.74) is 0.379. The smallest absolute Gasteiger partial charge is 0.416 e. The van der Waals surface area contributed by atoms with Gasteiger partial charge in [0.05, 0.1) is 11.3 Å². The highest BCUT2D eigenvalue weighted by Gasteiger charge is 2.35. The zero-order valence-electron chi connectivity index (χ0n) is 16.4. The van der Waals surface area contributed by atoms with Crippen LogP contribution >= 0.6 is 0 Å². The molecular formula is C20H24F3N5O. The molecule has 29 heavy (non-hydrogen) atoms. The molecule has 6 nitrogen and oxygen atoms in total. The van der Waals surface area contributed by atoms with Crippen LogP contribution in [0, 0.1) is 13.8 Å². The number of benzene rings is 1. The van der Waals surface area contributed by atoms with Crippen molar-refractivity contribution in [2.24, 2.45) is 0 Å². The van der Waals surface area contributed by atoms with E-state index in [1.54, 1.807) is 6.92 Å². The van der Waals surface area contributed by atoms with Gasteiger partial charge in [-0.05, 0) is 70.3 Å². The number of hydrogen-bond donors (Lipinski definition) is 2. The molecule has 2 atom stereocenters. The quantitative estimate of drug-likeness (QED) is 0.804. The summed E-state index contributed by atoms with van der Waals surface area (Å²) < 4.78 is 38.9. The molecule has 2 saturated heterocycles. The highest BCUT2D eigenvalue weighted by molar-refractivity contribution is 5.72. The third-order valence-electron chi connectivity index (χ3n) is 5.89. The van der Waals surface area contributed by atoms with Gasteiger partial charge >= 0.3 is 6.18 Å². The zero-order chi connectivity index (χ0) is 20.8. The van der Waals surface area contributed by atoms with Crippen LogP contribution in [0.3, 0.4) is 0 Å². The lowest BCUT2D eigenvalue weighted by Crippen LogP contribution is -2.47. The van der Waals surface area contributed by atoms with Gasteiger partial charge < -0.3 is 10.4 Å². The van der Waals surface area contributed by atoms with Crippen molar-refractivity contribution in [2.75, 3.05) is 18.4 Å². The second kappa shape index (κ2) is 7.44. The van der Waals surface area contributed by atoms with Gasteiger partial charge in [0.15, 0.2) is 0 Å². The minimum Gasteiger partial charge on any atom is -0.507 e. The third kappa shape index (κ3) is 3.88. The molecule has 156 valence electrons. The van der Waals surface area contributed by atoms with Gasteiger partial charge in [-0.3, -0.25) is 4.90 Å². The zero-order valence-corrected chi connectivity index (χ0v) is 16.4. The van der Waals surface area contributed by atoms with E-state index in [0.717, 1.165) is 38.4 Å². The summed E-state index contributed by atoms with van der Waals surface area (Å²) in [7, 11) is 0. The first-order valence-corrected chi connectivity index (χ1v) is 9.87. The van der Waals surface area contributed by atoms with E-state index in [1.165, 1.54) is 13.3 Å². The molecule has 0 amide bonds. The van der Waals surface area contributed by atoms with Crippen molar-refractivity contribution < 1.29 is 18.3 Å². The van der Waals surface area contributed by atoms with Crippen molar-refractivity contribution in [3.05, 3.63) is 29.0 Å². The number of fused-ring (bicyclic) bond motifs is 1. The number of nitrogens with zero attached hydrogens (tertiary/aromatic N) is 4. The number of aryl methyl sites for hydroxylation is 2. The van der Waals surface area contributed by atoms with Gasteiger partial charge in [0.25, 0.3) is 0 Å². The number of nitrogens with one attached hydrogen (secondary N) is 1. The van der Waals surface area contributed by atoms with E-state index in [2.05, 4.69) is 25.4 Å². The van der Waals surface area contributed by atoms with Gasteiger partial charge in [-0.2, -0.15) is 13.2 Å². The summed E-state index contributed by atoms with van der Waals surface area (Å²) in [5.74, 6) is -0.0693. The van der Waals surface area contributed by atoms with Crippen molar-refractivity contribution >= 4 is 5.95 Å². The summed E-state index contributed by atoms with van der Waals surface area (Å²) in [4.78, 5) is 6.97. The molecule has 0 aliphatic carbocycles. The monoisotopic (exact) mass is 407 g/mol. The average Bonchev–Trinajstić information content (AvgIpc) is 3.12. The number of hydrogen-bond acceptors (Lipinski definition) is 6. The molecule has 2 aromatic rings. The Morgan fingerprint density at radius 3 is 2.48 bits per heavy atom. The fourth-order valence-corrected chi connectivity index (χ4v) is 4.56. The van der Waals surface area contributed by atoms with Crippen LogP contribution in [0.1, 0.15) is 42.5 Å². The number of phenolic OH excluding ortho intramolecular Hbond substituents is 1. The molecule has 1 aromatic carbocycles. The van der Waals surface area contributed by atoms with Gasteiger partial charge in [-0.25, -0.2) is 4.98 Å². The minimum atomic E-state index is -4.53. The number of anilines is 1. The third-order valence-corrected chi connectivity index (χ3v) is 5.89. The van der Waals surface area contributed by atoms with Crippen LogP contribution < -0.4 is 5.32 Å². The summed E-state index contributed by atoms with van der Waals surface area (Å²) in [6.07, 6.45) is -0.00375. The summed E-state index contributed by atoms with van der Waals surface area (Å²) >= 11 is 0. The van der Waals surface area contributed by atoms with Crippen molar-refractivity contribution in [1.82, 2.24) is 20.1 Å². The van der Waals surface area contributed by atoms with E-state index in [9.17, 15) is 18.3 Å². The fraction of sp³-hybridized carbons (Fsp3) is 0.550. The van der Waals surface area contributed by atoms with E-state index < -0.39 is 17.5 Å². The van der Waals surface area contributed by atoms with Crippen LogP contribution in [0.15, 0.2) is 12.1 Å². The second-order valence-electron chi connectivity index (χ2n) is 7.89. The van der Waals surface area contributed by atoms with Gasteiger partial charge in [0.2, 0.25) is 5.95 Å². The van der Waals surface area contributed by atoms with Crippen molar-refractivity contribution in [3.8, 4) is 17.0 Å². The molecule has 9 heteroatoms. The topological polar surface area (TPSA) is 74.2 Å². The molecule has 0 saturated carbocycles. The van der Waals surface area contributed by atoms with E-state index in [4.69, 9.17) is 0 Å². The number of piperidine rings is 1. The first kappa shape index (κ1) is 19.9. The van der Waals surface area contributed by atoms with Crippen molar-refractivity contribution in [3.63, 3.8) is 0 Å². The molecule has 2 fully saturated rings. The number of phenols is 1. The lowest BCUT2D eigenvalue weighted by Gasteiger charge is -2.36. The van der Waals surface area contributed by atoms with Crippen LogP contribution in [-0.4, -0.2) is 50.4 Å². The molecule has 0 unspecified atom stereocenters. The van der Waals surface area contributed by atoms with E-state index in [1.807, 2.05) is 0 Å². The number of aromatic nitrogens is 3. The minimum absolute atomic E-state index is 0.224.